The van der Waals surface area contributed by atoms with E-state index >= 15 is 0 Å². The van der Waals surface area contributed by atoms with Crippen molar-refractivity contribution in [1.29, 1.82) is 0 Å². The molecule has 0 aliphatic heterocycles. The summed E-state index contributed by atoms with van der Waals surface area (Å²) in [5, 5.41) is 0. The standard InChI is InChI=1S/C13H21F5O5Si/c1-8(2)7-22-10(20)11(9(19)21-3,23-24(4,5)6)12(14,15)13(16,17)18/h8H,7H2,1-6H3. The zero-order chi connectivity index (χ0) is 19.6. The Morgan fingerprint density at radius 2 is 1.46 bits per heavy atom. The van der Waals surface area contributed by atoms with E-state index in [1.165, 1.54) is 33.5 Å². The molecule has 0 aromatic heterocycles. The number of carbonyl (C=O) groups is 2. The van der Waals surface area contributed by atoms with Crippen molar-refractivity contribution in [2.24, 2.45) is 5.92 Å². The molecule has 142 valence electrons. The first-order valence-corrected chi connectivity index (χ1v) is 10.3. The highest BCUT2D eigenvalue weighted by molar-refractivity contribution is 6.70. The second-order valence-electron chi connectivity index (χ2n) is 6.45. The third kappa shape index (κ3) is 4.65. The molecule has 11 heteroatoms. The molecule has 0 heterocycles. The maximum Gasteiger partial charge on any atom is 0.457 e. The van der Waals surface area contributed by atoms with E-state index < -0.39 is 44.6 Å². The molecule has 0 aromatic carbocycles. The van der Waals surface area contributed by atoms with Crippen molar-refractivity contribution in [3.63, 3.8) is 0 Å². The van der Waals surface area contributed by atoms with Crippen molar-refractivity contribution in [2.45, 2.75) is 51.2 Å². The fourth-order valence-electron chi connectivity index (χ4n) is 1.63. The molecule has 0 aliphatic rings. The first-order chi connectivity index (χ1) is 10.5. The quantitative estimate of drug-likeness (QED) is 0.294. The summed E-state index contributed by atoms with van der Waals surface area (Å²) in [5.74, 6) is -10.5. The van der Waals surface area contributed by atoms with E-state index in [9.17, 15) is 31.5 Å². The Balaban J connectivity index is 6.38. The van der Waals surface area contributed by atoms with Crippen LogP contribution in [-0.2, 0) is 23.5 Å². The number of hydrogen-bond donors (Lipinski definition) is 0. The summed E-state index contributed by atoms with van der Waals surface area (Å²) in [6.07, 6.45) is -6.24. The van der Waals surface area contributed by atoms with Gasteiger partial charge in [0.15, 0.2) is 8.32 Å². The van der Waals surface area contributed by atoms with Gasteiger partial charge in [-0.05, 0) is 25.6 Å². The monoisotopic (exact) mass is 380 g/mol. The summed E-state index contributed by atoms with van der Waals surface area (Å²) in [6.45, 7) is 6.33. The van der Waals surface area contributed by atoms with Crippen LogP contribution in [0.15, 0.2) is 0 Å². The summed E-state index contributed by atoms with van der Waals surface area (Å²) in [6, 6.07) is 0. The molecule has 0 spiro atoms. The van der Waals surface area contributed by atoms with Gasteiger partial charge in [0.1, 0.15) is 0 Å². The molecule has 1 unspecified atom stereocenters. The van der Waals surface area contributed by atoms with Gasteiger partial charge < -0.3 is 13.9 Å². The van der Waals surface area contributed by atoms with Crippen molar-refractivity contribution in [1.82, 2.24) is 0 Å². The van der Waals surface area contributed by atoms with Crippen LogP contribution in [0.1, 0.15) is 13.8 Å². The number of carbonyl (C=O) groups excluding carboxylic acids is 2. The Labute approximate surface area is 137 Å². The number of ether oxygens (including phenoxy) is 2. The molecule has 0 fully saturated rings. The average Bonchev–Trinajstić information content (AvgIpc) is 2.38. The minimum atomic E-state index is -6.24. The van der Waals surface area contributed by atoms with Gasteiger partial charge in [-0.1, -0.05) is 13.8 Å². The molecule has 5 nitrogen and oxygen atoms in total. The molecule has 0 aliphatic carbocycles. The lowest BCUT2D eigenvalue weighted by Crippen LogP contribution is -2.70. The molecule has 0 amide bonds. The molecule has 0 aromatic rings. The normalized spacial score (nSPS) is 15.8. The maximum absolute atomic E-state index is 14.2. The zero-order valence-electron chi connectivity index (χ0n) is 14.2. The number of rotatable bonds is 7. The second-order valence-corrected chi connectivity index (χ2v) is 10.9. The summed E-state index contributed by atoms with van der Waals surface area (Å²) in [4.78, 5) is 24.0. The van der Waals surface area contributed by atoms with Crippen LogP contribution < -0.4 is 0 Å². The molecule has 24 heavy (non-hydrogen) atoms. The lowest BCUT2D eigenvalue weighted by molar-refractivity contribution is -0.329. The van der Waals surface area contributed by atoms with Crippen molar-refractivity contribution >= 4 is 20.3 Å². The van der Waals surface area contributed by atoms with Gasteiger partial charge in [0, 0.05) is 0 Å². The largest absolute Gasteiger partial charge is 0.466 e. The van der Waals surface area contributed by atoms with E-state index in [4.69, 9.17) is 4.43 Å². The first kappa shape index (κ1) is 22.8. The van der Waals surface area contributed by atoms with Gasteiger partial charge in [0.25, 0.3) is 0 Å². The highest BCUT2D eigenvalue weighted by Gasteiger charge is 2.80. The minimum absolute atomic E-state index is 0.365. The lowest BCUT2D eigenvalue weighted by atomic mass is 9.95. The molecule has 0 radical (unpaired) electrons. The Hall–Kier alpha value is -1.23. The molecule has 0 N–H and O–H groups in total. The number of halogens is 5. The van der Waals surface area contributed by atoms with Gasteiger partial charge in [-0.3, -0.25) is 0 Å². The highest BCUT2D eigenvalue weighted by Crippen LogP contribution is 2.47. The Bertz CT molecular complexity index is 472. The molecule has 0 saturated carbocycles. The predicted molar refractivity (Wildman–Crippen MR) is 76.0 cm³/mol. The van der Waals surface area contributed by atoms with E-state index in [2.05, 4.69) is 9.47 Å². The molecule has 0 saturated heterocycles. The highest BCUT2D eigenvalue weighted by atomic mass is 28.4. The van der Waals surface area contributed by atoms with E-state index in [1.807, 2.05) is 0 Å². The van der Waals surface area contributed by atoms with E-state index in [0.717, 1.165) is 0 Å². The van der Waals surface area contributed by atoms with Crippen LogP contribution in [0.3, 0.4) is 0 Å². The van der Waals surface area contributed by atoms with Gasteiger partial charge in [-0.25, -0.2) is 9.59 Å². The topological polar surface area (TPSA) is 61.8 Å². The van der Waals surface area contributed by atoms with Gasteiger partial charge >= 0.3 is 29.6 Å². The summed E-state index contributed by atoms with van der Waals surface area (Å²) in [5.41, 5.74) is -4.25. The van der Waals surface area contributed by atoms with Crippen LogP contribution in [0, 0.1) is 5.92 Å². The van der Waals surface area contributed by atoms with Crippen LogP contribution in [0.5, 0.6) is 0 Å². The third-order valence-corrected chi connectivity index (χ3v) is 3.48. The van der Waals surface area contributed by atoms with E-state index in [-0.39, 0.29) is 5.92 Å². The van der Waals surface area contributed by atoms with Crippen LogP contribution in [-0.4, -0.2) is 51.7 Å². The third-order valence-electron chi connectivity index (χ3n) is 2.57. The minimum Gasteiger partial charge on any atom is -0.466 e. The fourth-order valence-corrected chi connectivity index (χ4v) is 2.85. The zero-order valence-corrected chi connectivity index (χ0v) is 15.2. The van der Waals surface area contributed by atoms with Crippen LogP contribution >= 0.6 is 0 Å². The molecule has 0 bridgehead atoms. The molecular formula is C13H21F5O5Si. The van der Waals surface area contributed by atoms with Crippen molar-refractivity contribution in [3.05, 3.63) is 0 Å². The Kier molecular flexibility index (Phi) is 6.96. The van der Waals surface area contributed by atoms with Crippen LogP contribution in [0.25, 0.3) is 0 Å². The van der Waals surface area contributed by atoms with Crippen molar-refractivity contribution < 1.29 is 45.4 Å². The van der Waals surface area contributed by atoms with Gasteiger partial charge in [-0.15, -0.1) is 0 Å². The van der Waals surface area contributed by atoms with E-state index in [1.54, 1.807) is 0 Å². The van der Waals surface area contributed by atoms with Gasteiger partial charge in [0.2, 0.25) is 0 Å². The van der Waals surface area contributed by atoms with Gasteiger partial charge in [-0.2, -0.15) is 22.0 Å². The smallest absolute Gasteiger partial charge is 0.457 e. The summed E-state index contributed by atoms with van der Waals surface area (Å²) in [7, 11) is -2.68. The molecular weight excluding hydrogens is 359 g/mol. The first-order valence-electron chi connectivity index (χ1n) is 6.93. The van der Waals surface area contributed by atoms with E-state index in [0.29, 0.717) is 7.11 Å². The average molecular weight is 380 g/mol. The van der Waals surface area contributed by atoms with Crippen LogP contribution in [0.2, 0.25) is 19.6 Å². The number of methoxy groups -OCH3 is 1. The van der Waals surface area contributed by atoms with Crippen molar-refractivity contribution in [3.8, 4) is 0 Å². The second kappa shape index (κ2) is 7.34. The summed E-state index contributed by atoms with van der Waals surface area (Å²) < 4.78 is 80.4. The van der Waals surface area contributed by atoms with Gasteiger partial charge in [0.05, 0.1) is 13.7 Å². The number of esters is 2. The maximum atomic E-state index is 14.2. The summed E-state index contributed by atoms with van der Waals surface area (Å²) >= 11 is 0. The fraction of sp³-hybridized carbons (Fsp3) is 0.846. The molecule has 0 rings (SSSR count). The predicted octanol–water partition coefficient (Wildman–Crippen LogP) is 3.15. The Morgan fingerprint density at radius 3 is 1.75 bits per heavy atom. The SMILES string of the molecule is COC(=O)C(O[Si](C)(C)C)(C(=O)OCC(C)C)C(F)(F)C(F)(F)F. The molecule has 1 atom stereocenters. The van der Waals surface area contributed by atoms with Crippen molar-refractivity contribution in [2.75, 3.05) is 13.7 Å². The number of hydrogen-bond acceptors (Lipinski definition) is 5. The Morgan fingerprint density at radius 1 is 1.00 bits per heavy atom. The van der Waals surface area contributed by atoms with Crippen LogP contribution in [0.4, 0.5) is 22.0 Å². The lowest BCUT2D eigenvalue weighted by Gasteiger charge is -2.39. The number of alkyl halides is 5.